The van der Waals surface area contributed by atoms with E-state index in [9.17, 15) is 4.39 Å². The van der Waals surface area contributed by atoms with Gasteiger partial charge in [-0.05, 0) is 18.8 Å². The number of hydrazine groups is 1. The van der Waals surface area contributed by atoms with Gasteiger partial charge >= 0.3 is 0 Å². The molecule has 0 unspecified atom stereocenters. The van der Waals surface area contributed by atoms with E-state index in [0.717, 1.165) is 19.0 Å². The molecule has 0 aliphatic heterocycles. The van der Waals surface area contributed by atoms with Crippen LogP contribution in [0.15, 0.2) is 6.20 Å². The zero-order valence-corrected chi connectivity index (χ0v) is 8.65. The van der Waals surface area contributed by atoms with Gasteiger partial charge < -0.3 is 10.4 Å². The largest absolute Gasteiger partial charge is 0.393 e. The van der Waals surface area contributed by atoms with E-state index in [-0.39, 0.29) is 17.9 Å². The average molecular weight is 227 g/mol. The lowest BCUT2D eigenvalue weighted by Gasteiger charge is -2.31. The molecule has 1 aromatic rings. The van der Waals surface area contributed by atoms with Crippen molar-refractivity contribution in [1.29, 1.82) is 0 Å². The van der Waals surface area contributed by atoms with Crippen LogP contribution in [0.3, 0.4) is 0 Å². The fourth-order valence-electron chi connectivity index (χ4n) is 1.67. The standard InChI is InChI=1S/C9H14FN5O/c10-7-4-13-9(15-11)14-8(7)12-3-5-1-6(16)2-5/h4-6,16H,1-3,11H2,(H2,12,13,14,15). The summed E-state index contributed by atoms with van der Waals surface area (Å²) < 4.78 is 13.2. The van der Waals surface area contributed by atoms with Gasteiger partial charge in [0.25, 0.3) is 0 Å². The highest BCUT2D eigenvalue weighted by Gasteiger charge is 2.26. The van der Waals surface area contributed by atoms with E-state index in [1.165, 1.54) is 0 Å². The zero-order valence-electron chi connectivity index (χ0n) is 8.65. The molecule has 1 aliphatic rings. The first-order valence-corrected chi connectivity index (χ1v) is 5.10. The van der Waals surface area contributed by atoms with Crippen molar-refractivity contribution < 1.29 is 9.50 Å². The molecule has 7 heteroatoms. The molecule has 1 aliphatic carbocycles. The molecule has 0 saturated heterocycles. The Morgan fingerprint density at radius 1 is 1.56 bits per heavy atom. The predicted octanol–water partition coefficient (Wildman–Crippen LogP) is 0.0841. The monoisotopic (exact) mass is 227 g/mol. The molecule has 2 rings (SSSR count). The van der Waals surface area contributed by atoms with Gasteiger partial charge in [0.1, 0.15) is 0 Å². The van der Waals surface area contributed by atoms with Gasteiger partial charge in [0.2, 0.25) is 5.95 Å². The number of nitrogens with one attached hydrogen (secondary N) is 2. The molecule has 1 heterocycles. The highest BCUT2D eigenvalue weighted by molar-refractivity contribution is 5.40. The van der Waals surface area contributed by atoms with E-state index in [2.05, 4.69) is 20.7 Å². The molecule has 1 fully saturated rings. The van der Waals surface area contributed by atoms with E-state index < -0.39 is 5.82 Å². The van der Waals surface area contributed by atoms with Gasteiger partial charge in [-0.3, -0.25) is 5.43 Å². The first-order valence-electron chi connectivity index (χ1n) is 5.10. The number of halogens is 1. The number of rotatable bonds is 4. The van der Waals surface area contributed by atoms with Crippen molar-refractivity contribution in [2.75, 3.05) is 17.3 Å². The third-order valence-electron chi connectivity index (χ3n) is 2.64. The van der Waals surface area contributed by atoms with Crippen molar-refractivity contribution in [3.8, 4) is 0 Å². The first kappa shape index (κ1) is 11.0. The second kappa shape index (κ2) is 4.58. The van der Waals surface area contributed by atoms with E-state index in [1.807, 2.05) is 0 Å². The average Bonchev–Trinajstić information content (AvgIpc) is 2.25. The summed E-state index contributed by atoms with van der Waals surface area (Å²) in [5, 5.41) is 12.0. The lowest BCUT2D eigenvalue weighted by Crippen LogP contribution is -2.33. The van der Waals surface area contributed by atoms with Gasteiger partial charge in [-0.15, -0.1) is 0 Å². The maximum absolute atomic E-state index is 13.2. The van der Waals surface area contributed by atoms with Crippen LogP contribution in [-0.4, -0.2) is 27.7 Å². The van der Waals surface area contributed by atoms with Crippen LogP contribution in [0.2, 0.25) is 0 Å². The number of nitrogens with two attached hydrogens (primary N) is 1. The topological polar surface area (TPSA) is 96.1 Å². The normalized spacial score (nSPS) is 23.7. The molecule has 0 amide bonds. The van der Waals surface area contributed by atoms with Crippen molar-refractivity contribution in [3.63, 3.8) is 0 Å². The van der Waals surface area contributed by atoms with Gasteiger partial charge in [-0.1, -0.05) is 0 Å². The van der Waals surface area contributed by atoms with E-state index in [4.69, 9.17) is 10.9 Å². The van der Waals surface area contributed by atoms with E-state index >= 15 is 0 Å². The van der Waals surface area contributed by atoms with Gasteiger partial charge in [0.05, 0.1) is 12.3 Å². The van der Waals surface area contributed by atoms with Crippen LogP contribution >= 0.6 is 0 Å². The molecule has 0 spiro atoms. The third-order valence-corrected chi connectivity index (χ3v) is 2.64. The Balaban J connectivity index is 1.92. The fourth-order valence-corrected chi connectivity index (χ4v) is 1.67. The Kier molecular flexibility index (Phi) is 3.16. The Hall–Kier alpha value is -1.47. The van der Waals surface area contributed by atoms with Crippen LogP contribution in [0.4, 0.5) is 16.2 Å². The number of anilines is 2. The van der Waals surface area contributed by atoms with Gasteiger partial charge in [0, 0.05) is 6.54 Å². The smallest absolute Gasteiger partial charge is 0.239 e. The highest BCUT2D eigenvalue weighted by atomic mass is 19.1. The van der Waals surface area contributed by atoms with Crippen molar-refractivity contribution in [2.45, 2.75) is 18.9 Å². The minimum atomic E-state index is -0.515. The van der Waals surface area contributed by atoms with Crippen LogP contribution < -0.4 is 16.6 Å². The highest BCUT2D eigenvalue weighted by Crippen LogP contribution is 2.27. The molecular formula is C9H14FN5O. The summed E-state index contributed by atoms with van der Waals surface area (Å²) in [4.78, 5) is 7.47. The maximum Gasteiger partial charge on any atom is 0.239 e. The SMILES string of the molecule is NNc1ncc(F)c(NCC2CC(O)C2)n1. The molecule has 1 saturated carbocycles. The number of aliphatic hydroxyl groups excluding tert-OH is 1. The van der Waals surface area contributed by atoms with E-state index in [0.29, 0.717) is 12.5 Å². The van der Waals surface area contributed by atoms with Crippen LogP contribution in [0.1, 0.15) is 12.8 Å². The minimum absolute atomic E-state index is 0.129. The first-order chi connectivity index (χ1) is 7.69. The molecule has 5 N–H and O–H groups in total. The molecule has 0 bridgehead atoms. The Morgan fingerprint density at radius 3 is 2.94 bits per heavy atom. The summed E-state index contributed by atoms with van der Waals surface area (Å²) in [6.45, 7) is 0.592. The quantitative estimate of drug-likeness (QED) is 0.430. The zero-order chi connectivity index (χ0) is 11.5. The van der Waals surface area contributed by atoms with Crippen molar-refractivity contribution >= 4 is 11.8 Å². The summed E-state index contributed by atoms with van der Waals surface area (Å²) in [6.07, 6.45) is 2.35. The van der Waals surface area contributed by atoms with Gasteiger partial charge in [-0.2, -0.15) is 4.98 Å². The summed E-state index contributed by atoms with van der Waals surface area (Å²) in [5.41, 5.74) is 2.25. The van der Waals surface area contributed by atoms with Gasteiger partial charge in [0.15, 0.2) is 11.6 Å². The third kappa shape index (κ3) is 2.37. The van der Waals surface area contributed by atoms with Crippen molar-refractivity contribution in [1.82, 2.24) is 9.97 Å². The van der Waals surface area contributed by atoms with Crippen LogP contribution in [-0.2, 0) is 0 Å². The Bertz CT molecular complexity index is 369. The molecule has 6 nitrogen and oxygen atoms in total. The summed E-state index contributed by atoms with van der Waals surface area (Å²) >= 11 is 0. The molecule has 1 aromatic heterocycles. The van der Waals surface area contributed by atoms with Crippen molar-refractivity contribution in [2.24, 2.45) is 11.8 Å². The molecule has 0 radical (unpaired) electrons. The van der Waals surface area contributed by atoms with Crippen LogP contribution in [0.5, 0.6) is 0 Å². The van der Waals surface area contributed by atoms with Crippen LogP contribution in [0.25, 0.3) is 0 Å². The second-order valence-corrected chi connectivity index (χ2v) is 3.91. The van der Waals surface area contributed by atoms with Crippen molar-refractivity contribution in [3.05, 3.63) is 12.0 Å². The summed E-state index contributed by atoms with van der Waals surface area (Å²) in [7, 11) is 0. The molecule has 0 aromatic carbocycles. The van der Waals surface area contributed by atoms with Crippen LogP contribution in [0, 0.1) is 11.7 Å². The molecule has 16 heavy (non-hydrogen) atoms. The molecule has 88 valence electrons. The second-order valence-electron chi connectivity index (χ2n) is 3.91. The van der Waals surface area contributed by atoms with Gasteiger partial charge in [-0.25, -0.2) is 15.2 Å². The number of nitrogen functional groups attached to an aromatic ring is 1. The number of hydrogen-bond donors (Lipinski definition) is 4. The number of aromatic nitrogens is 2. The summed E-state index contributed by atoms with van der Waals surface area (Å²) in [6, 6.07) is 0. The lowest BCUT2D eigenvalue weighted by molar-refractivity contribution is 0.0486. The summed E-state index contributed by atoms with van der Waals surface area (Å²) in [5.74, 6) is 5.27. The maximum atomic E-state index is 13.2. The molecular weight excluding hydrogens is 213 g/mol. The number of nitrogens with zero attached hydrogens (tertiary/aromatic N) is 2. The fraction of sp³-hybridized carbons (Fsp3) is 0.556. The Morgan fingerprint density at radius 2 is 2.31 bits per heavy atom. The minimum Gasteiger partial charge on any atom is -0.393 e. The number of hydrogen-bond acceptors (Lipinski definition) is 6. The Labute approximate surface area is 92.1 Å². The lowest BCUT2D eigenvalue weighted by atomic mass is 9.82. The predicted molar refractivity (Wildman–Crippen MR) is 57.0 cm³/mol. The molecule has 0 atom stereocenters. The van der Waals surface area contributed by atoms with E-state index in [1.54, 1.807) is 0 Å². The number of aliphatic hydroxyl groups is 1.